The molecule has 0 aliphatic rings. The van der Waals surface area contributed by atoms with E-state index in [1.165, 1.54) is 12.1 Å². The van der Waals surface area contributed by atoms with E-state index in [1.807, 2.05) is 0 Å². The molecule has 2 aromatic rings. The average Bonchev–Trinajstić information content (AvgIpc) is 2.30. The zero-order valence-electron chi connectivity index (χ0n) is 8.84. The second-order valence-corrected chi connectivity index (χ2v) is 4.15. The Hall–Kier alpha value is -1.39. The van der Waals surface area contributed by atoms with Crippen LogP contribution in [0.25, 0.3) is 0 Å². The number of hydrogen-bond acceptors (Lipinski definition) is 3. The van der Waals surface area contributed by atoms with Crippen LogP contribution in [0.15, 0.2) is 24.3 Å². The van der Waals surface area contributed by atoms with Gasteiger partial charge in [0.1, 0.15) is 5.82 Å². The van der Waals surface area contributed by atoms with Crippen LogP contribution in [0.1, 0.15) is 5.56 Å². The third-order valence-corrected chi connectivity index (χ3v) is 2.72. The second-order valence-electron chi connectivity index (χ2n) is 3.41. The third kappa shape index (κ3) is 2.65. The molecule has 0 atom stereocenters. The number of hydrogen-bond donors (Lipinski definition) is 1. The molecule has 1 heterocycles. The highest BCUT2D eigenvalue weighted by Crippen LogP contribution is 2.27. The maximum absolute atomic E-state index is 13.3. The van der Waals surface area contributed by atoms with Crippen LogP contribution < -0.4 is 5.32 Å². The smallest absolute Gasteiger partial charge is 0.175 e. The van der Waals surface area contributed by atoms with Crippen molar-refractivity contribution in [2.45, 2.75) is 6.92 Å². The van der Waals surface area contributed by atoms with Crippen LogP contribution in [0.2, 0.25) is 10.3 Å². The highest BCUT2D eigenvalue weighted by molar-refractivity contribution is 6.33. The van der Waals surface area contributed by atoms with Gasteiger partial charge in [0, 0.05) is 17.3 Å². The molecular formula is C11H8Cl2FN3. The summed E-state index contributed by atoms with van der Waals surface area (Å²) in [6, 6.07) is 6.26. The lowest BCUT2D eigenvalue weighted by atomic mass is 10.2. The SMILES string of the molecule is Cc1c(F)cccc1Nc1cc(Cl)nnc1Cl. The van der Waals surface area contributed by atoms with E-state index in [0.29, 0.717) is 16.9 Å². The van der Waals surface area contributed by atoms with Gasteiger partial charge >= 0.3 is 0 Å². The molecule has 0 radical (unpaired) electrons. The zero-order chi connectivity index (χ0) is 12.4. The molecule has 0 unspecified atom stereocenters. The van der Waals surface area contributed by atoms with Crippen molar-refractivity contribution in [1.82, 2.24) is 10.2 Å². The Morgan fingerprint density at radius 2 is 1.94 bits per heavy atom. The molecule has 6 heteroatoms. The van der Waals surface area contributed by atoms with Gasteiger partial charge in [-0.1, -0.05) is 29.3 Å². The molecule has 0 aliphatic heterocycles. The highest BCUT2D eigenvalue weighted by atomic mass is 35.5. The Bertz CT molecular complexity index is 560. The van der Waals surface area contributed by atoms with Gasteiger partial charge in [0.25, 0.3) is 0 Å². The first-order chi connectivity index (χ1) is 8.08. The molecule has 0 bridgehead atoms. The number of halogens is 3. The first-order valence-electron chi connectivity index (χ1n) is 4.79. The first-order valence-corrected chi connectivity index (χ1v) is 5.54. The van der Waals surface area contributed by atoms with E-state index < -0.39 is 0 Å². The second kappa shape index (κ2) is 4.85. The molecule has 1 N–H and O–H groups in total. The Labute approximate surface area is 108 Å². The van der Waals surface area contributed by atoms with Crippen LogP contribution >= 0.6 is 23.2 Å². The van der Waals surface area contributed by atoms with Crippen molar-refractivity contribution in [3.8, 4) is 0 Å². The predicted molar refractivity (Wildman–Crippen MR) is 66.5 cm³/mol. The van der Waals surface area contributed by atoms with Crippen molar-refractivity contribution < 1.29 is 4.39 Å². The van der Waals surface area contributed by atoms with Gasteiger partial charge in [0.05, 0.1) is 5.69 Å². The molecule has 1 aromatic heterocycles. The summed E-state index contributed by atoms with van der Waals surface area (Å²) < 4.78 is 13.3. The Morgan fingerprint density at radius 3 is 2.71 bits per heavy atom. The number of anilines is 2. The van der Waals surface area contributed by atoms with Crippen LogP contribution in [0.3, 0.4) is 0 Å². The summed E-state index contributed by atoms with van der Waals surface area (Å²) in [6.45, 7) is 1.67. The number of aromatic nitrogens is 2. The summed E-state index contributed by atoms with van der Waals surface area (Å²) in [4.78, 5) is 0. The Morgan fingerprint density at radius 1 is 1.18 bits per heavy atom. The molecule has 0 aliphatic carbocycles. The van der Waals surface area contributed by atoms with Gasteiger partial charge in [-0.25, -0.2) is 4.39 Å². The molecule has 2 rings (SSSR count). The van der Waals surface area contributed by atoms with Crippen LogP contribution in [0, 0.1) is 12.7 Å². The molecule has 0 fully saturated rings. The van der Waals surface area contributed by atoms with Crippen LogP contribution in [0.5, 0.6) is 0 Å². The maximum atomic E-state index is 13.3. The molecule has 0 spiro atoms. The lowest BCUT2D eigenvalue weighted by Crippen LogP contribution is -1.98. The molecule has 17 heavy (non-hydrogen) atoms. The monoisotopic (exact) mass is 271 g/mol. The average molecular weight is 272 g/mol. The van der Waals surface area contributed by atoms with Crippen molar-refractivity contribution in [1.29, 1.82) is 0 Å². The van der Waals surface area contributed by atoms with Gasteiger partial charge in [-0.3, -0.25) is 0 Å². The van der Waals surface area contributed by atoms with E-state index in [9.17, 15) is 4.39 Å². The van der Waals surface area contributed by atoms with E-state index in [2.05, 4.69) is 15.5 Å². The minimum Gasteiger partial charge on any atom is -0.353 e. The van der Waals surface area contributed by atoms with Gasteiger partial charge in [0.15, 0.2) is 10.3 Å². The fourth-order valence-corrected chi connectivity index (χ4v) is 1.62. The van der Waals surface area contributed by atoms with Crippen LogP contribution in [0.4, 0.5) is 15.8 Å². The number of nitrogens with zero attached hydrogens (tertiary/aromatic N) is 2. The summed E-state index contributed by atoms with van der Waals surface area (Å²) in [5.41, 5.74) is 1.59. The Balaban J connectivity index is 2.38. The fraction of sp³-hybridized carbons (Fsp3) is 0.0909. The molecule has 88 valence electrons. The summed E-state index contributed by atoms with van der Waals surface area (Å²) in [5, 5.41) is 10.6. The third-order valence-electron chi connectivity index (χ3n) is 2.26. The van der Waals surface area contributed by atoms with Gasteiger partial charge in [0.2, 0.25) is 0 Å². The van der Waals surface area contributed by atoms with Crippen molar-refractivity contribution in [2.75, 3.05) is 5.32 Å². The van der Waals surface area contributed by atoms with Gasteiger partial charge < -0.3 is 5.32 Å². The summed E-state index contributed by atoms with van der Waals surface area (Å²) in [7, 11) is 0. The van der Waals surface area contributed by atoms with Gasteiger partial charge in [-0.15, -0.1) is 10.2 Å². The van der Waals surface area contributed by atoms with Crippen LogP contribution in [-0.4, -0.2) is 10.2 Å². The molecule has 0 saturated heterocycles. The lowest BCUT2D eigenvalue weighted by Gasteiger charge is -2.10. The molecule has 1 aromatic carbocycles. The Kier molecular flexibility index (Phi) is 3.45. The van der Waals surface area contributed by atoms with Crippen molar-refractivity contribution in [2.24, 2.45) is 0 Å². The minimum absolute atomic E-state index is 0.179. The quantitative estimate of drug-likeness (QED) is 0.898. The molecular weight excluding hydrogens is 264 g/mol. The fourth-order valence-electron chi connectivity index (χ4n) is 1.33. The zero-order valence-corrected chi connectivity index (χ0v) is 10.3. The van der Waals surface area contributed by atoms with Crippen LogP contribution in [-0.2, 0) is 0 Å². The van der Waals surface area contributed by atoms with E-state index >= 15 is 0 Å². The van der Waals surface area contributed by atoms with E-state index in [1.54, 1.807) is 19.1 Å². The van der Waals surface area contributed by atoms with Crippen molar-refractivity contribution in [3.05, 3.63) is 46.0 Å². The summed E-state index contributed by atoms with van der Waals surface area (Å²) >= 11 is 11.6. The minimum atomic E-state index is -0.292. The molecule has 0 saturated carbocycles. The highest BCUT2D eigenvalue weighted by Gasteiger charge is 2.08. The first kappa shape index (κ1) is 12.1. The predicted octanol–water partition coefficient (Wildman–Crippen LogP) is 3.97. The van der Waals surface area contributed by atoms with Gasteiger partial charge in [-0.2, -0.15) is 0 Å². The van der Waals surface area contributed by atoms with E-state index in [-0.39, 0.29) is 16.1 Å². The number of rotatable bonds is 2. The summed E-state index contributed by atoms with van der Waals surface area (Å²) in [6.07, 6.45) is 0. The lowest BCUT2D eigenvalue weighted by molar-refractivity contribution is 0.619. The van der Waals surface area contributed by atoms with E-state index in [4.69, 9.17) is 23.2 Å². The summed E-state index contributed by atoms with van der Waals surface area (Å²) in [5.74, 6) is -0.292. The number of nitrogens with one attached hydrogen (secondary N) is 1. The molecule has 0 amide bonds. The van der Waals surface area contributed by atoms with Crippen molar-refractivity contribution in [3.63, 3.8) is 0 Å². The standard InChI is InChI=1S/C11H8Cl2FN3/c1-6-7(14)3-2-4-8(6)15-9-5-10(12)16-17-11(9)13/h2-5H,1H3,(H,15,16). The maximum Gasteiger partial charge on any atom is 0.175 e. The van der Waals surface area contributed by atoms with Crippen molar-refractivity contribution >= 4 is 34.6 Å². The topological polar surface area (TPSA) is 37.8 Å². The molecule has 3 nitrogen and oxygen atoms in total. The number of benzene rings is 1. The van der Waals surface area contributed by atoms with Gasteiger partial charge in [-0.05, 0) is 19.1 Å². The largest absolute Gasteiger partial charge is 0.353 e. The normalized spacial score (nSPS) is 10.4. The van der Waals surface area contributed by atoms with E-state index in [0.717, 1.165) is 0 Å².